The number of alkyl halides is 2. The van der Waals surface area contributed by atoms with Crippen molar-refractivity contribution in [3.8, 4) is 5.75 Å². The van der Waals surface area contributed by atoms with Gasteiger partial charge in [0.15, 0.2) is 0 Å². The number of nitrogens with zero attached hydrogens (tertiary/aromatic N) is 2. The molecule has 0 radical (unpaired) electrons. The van der Waals surface area contributed by atoms with Crippen molar-refractivity contribution >= 4 is 28.3 Å². The SMILES string of the molecule is FC(F)Oc1cccc2c1Cn1c(nc3ccc(Cl)cc31)CCN2. The molecule has 1 aliphatic rings. The first-order valence-corrected chi connectivity index (χ1v) is 7.95. The van der Waals surface area contributed by atoms with Crippen molar-refractivity contribution in [2.45, 2.75) is 19.6 Å². The molecule has 4 nitrogen and oxygen atoms in total. The molecule has 0 atom stereocenters. The first-order chi connectivity index (χ1) is 11.6. The number of hydrogen-bond acceptors (Lipinski definition) is 3. The van der Waals surface area contributed by atoms with Crippen LogP contribution in [0.1, 0.15) is 11.4 Å². The maximum atomic E-state index is 12.7. The molecule has 1 N–H and O–H groups in total. The molecular weight excluding hydrogens is 336 g/mol. The van der Waals surface area contributed by atoms with Crippen molar-refractivity contribution < 1.29 is 13.5 Å². The fourth-order valence-electron chi connectivity index (χ4n) is 3.08. The second-order valence-electron chi connectivity index (χ2n) is 5.58. The summed E-state index contributed by atoms with van der Waals surface area (Å²) in [7, 11) is 0. The number of fused-ring (bicyclic) bond motifs is 4. The van der Waals surface area contributed by atoms with Gasteiger partial charge in [-0.05, 0) is 30.3 Å². The predicted molar refractivity (Wildman–Crippen MR) is 89.1 cm³/mol. The zero-order valence-corrected chi connectivity index (χ0v) is 13.4. The summed E-state index contributed by atoms with van der Waals surface area (Å²) >= 11 is 6.11. The zero-order chi connectivity index (χ0) is 16.7. The standard InChI is InChI=1S/C17H14ClF2N3O/c18-10-4-5-13-14(8-10)23-9-11-12(21-7-6-16(23)22-13)2-1-3-15(11)24-17(19)20/h1-5,8,17,21H,6-7,9H2. The number of halogens is 3. The topological polar surface area (TPSA) is 39.1 Å². The highest BCUT2D eigenvalue weighted by Crippen LogP contribution is 2.32. The molecule has 24 heavy (non-hydrogen) atoms. The van der Waals surface area contributed by atoms with Crippen LogP contribution in [0.4, 0.5) is 14.5 Å². The zero-order valence-electron chi connectivity index (χ0n) is 12.6. The van der Waals surface area contributed by atoms with E-state index in [4.69, 9.17) is 16.3 Å². The Balaban J connectivity index is 1.87. The molecule has 0 unspecified atom stereocenters. The molecule has 0 bridgehead atoms. The summed E-state index contributed by atoms with van der Waals surface area (Å²) in [5.41, 5.74) is 3.20. The first-order valence-electron chi connectivity index (χ1n) is 7.57. The van der Waals surface area contributed by atoms with E-state index in [0.717, 1.165) is 29.0 Å². The highest BCUT2D eigenvalue weighted by atomic mass is 35.5. The molecule has 0 spiro atoms. The third-order valence-electron chi connectivity index (χ3n) is 4.12. The second-order valence-corrected chi connectivity index (χ2v) is 6.02. The number of hydrogen-bond donors (Lipinski definition) is 1. The number of imidazole rings is 1. The average Bonchev–Trinajstić information content (AvgIpc) is 2.83. The van der Waals surface area contributed by atoms with Crippen molar-refractivity contribution in [3.05, 3.63) is 52.8 Å². The van der Waals surface area contributed by atoms with E-state index >= 15 is 0 Å². The van der Waals surface area contributed by atoms with Gasteiger partial charge >= 0.3 is 6.61 Å². The Hall–Kier alpha value is -2.34. The summed E-state index contributed by atoms with van der Waals surface area (Å²) in [5.74, 6) is 1.06. The van der Waals surface area contributed by atoms with E-state index in [-0.39, 0.29) is 5.75 Å². The number of anilines is 1. The fourth-order valence-corrected chi connectivity index (χ4v) is 3.25. The van der Waals surface area contributed by atoms with Gasteiger partial charge in [0.2, 0.25) is 0 Å². The molecule has 0 saturated heterocycles. The molecule has 0 fully saturated rings. The fraction of sp³-hybridized carbons (Fsp3) is 0.235. The van der Waals surface area contributed by atoms with E-state index in [1.54, 1.807) is 18.2 Å². The molecular formula is C17H14ClF2N3O. The molecule has 124 valence electrons. The van der Waals surface area contributed by atoms with Crippen LogP contribution >= 0.6 is 11.6 Å². The Morgan fingerprint density at radius 3 is 2.96 bits per heavy atom. The summed E-state index contributed by atoms with van der Waals surface area (Å²) in [5, 5.41) is 3.88. The largest absolute Gasteiger partial charge is 0.434 e. The molecule has 0 aliphatic carbocycles. The highest BCUT2D eigenvalue weighted by molar-refractivity contribution is 6.31. The van der Waals surface area contributed by atoms with Crippen LogP contribution in [0.3, 0.4) is 0 Å². The third-order valence-corrected chi connectivity index (χ3v) is 4.35. The van der Waals surface area contributed by atoms with Crippen LogP contribution in [0, 0.1) is 0 Å². The summed E-state index contributed by atoms with van der Waals surface area (Å²) < 4.78 is 32.2. The summed E-state index contributed by atoms with van der Waals surface area (Å²) in [4.78, 5) is 4.63. The van der Waals surface area contributed by atoms with Crippen LogP contribution in [0.15, 0.2) is 36.4 Å². The van der Waals surface area contributed by atoms with E-state index in [1.165, 1.54) is 0 Å². The normalized spacial score (nSPS) is 13.8. The minimum atomic E-state index is -2.87. The molecule has 1 aliphatic heterocycles. The lowest BCUT2D eigenvalue weighted by molar-refractivity contribution is -0.0504. The van der Waals surface area contributed by atoms with Crippen molar-refractivity contribution in [1.29, 1.82) is 0 Å². The van der Waals surface area contributed by atoms with Gasteiger partial charge in [-0.2, -0.15) is 8.78 Å². The smallest absolute Gasteiger partial charge is 0.387 e. The Morgan fingerprint density at radius 2 is 2.12 bits per heavy atom. The Kier molecular flexibility index (Phi) is 3.76. The monoisotopic (exact) mass is 349 g/mol. The third kappa shape index (κ3) is 2.67. The minimum Gasteiger partial charge on any atom is -0.434 e. The maximum Gasteiger partial charge on any atom is 0.387 e. The molecule has 3 aromatic rings. The average molecular weight is 350 g/mol. The molecule has 2 aromatic carbocycles. The van der Waals surface area contributed by atoms with Gasteiger partial charge in [-0.25, -0.2) is 4.98 Å². The van der Waals surface area contributed by atoms with E-state index < -0.39 is 6.61 Å². The van der Waals surface area contributed by atoms with Crippen molar-refractivity contribution in [1.82, 2.24) is 9.55 Å². The Morgan fingerprint density at radius 1 is 1.25 bits per heavy atom. The van der Waals surface area contributed by atoms with Gasteiger partial charge in [0.1, 0.15) is 11.6 Å². The number of rotatable bonds is 2. The van der Waals surface area contributed by atoms with Gasteiger partial charge in [0.25, 0.3) is 0 Å². The predicted octanol–water partition coefficient (Wildman–Crippen LogP) is 4.31. The highest BCUT2D eigenvalue weighted by Gasteiger charge is 2.20. The van der Waals surface area contributed by atoms with E-state index in [9.17, 15) is 8.78 Å². The number of benzene rings is 2. The molecule has 7 heteroatoms. The van der Waals surface area contributed by atoms with Crippen molar-refractivity contribution in [3.63, 3.8) is 0 Å². The minimum absolute atomic E-state index is 0.173. The van der Waals surface area contributed by atoms with E-state index in [1.807, 2.05) is 22.8 Å². The molecule has 0 amide bonds. The summed E-state index contributed by atoms with van der Waals surface area (Å²) in [6.45, 7) is -1.82. The van der Waals surface area contributed by atoms with Gasteiger partial charge in [0.05, 0.1) is 17.6 Å². The Labute approximate surface area is 142 Å². The number of ether oxygens (including phenoxy) is 1. The van der Waals surface area contributed by atoms with Crippen LogP contribution in [-0.2, 0) is 13.0 Å². The Bertz CT molecular complexity index is 910. The lowest BCUT2D eigenvalue weighted by Gasteiger charge is -2.21. The van der Waals surface area contributed by atoms with Gasteiger partial charge < -0.3 is 14.6 Å². The number of aromatic nitrogens is 2. The summed E-state index contributed by atoms with van der Waals surface area (Å²) in [6.07, 6.45) is 0.728. The van der Waals surface area contributed by atoms with Crippen molar-refractivity contribution in [2.75, 3.05) is 11.9 Å². The maximum absolute atomic E-state index is 12.7. The molecule has 1 aromatic heterocycles. The van der Waals surface area contributed by atoms with Gasteiger partial charge in [-0.3, -0.25) is 0 Å². The van der Waals surface area contributed by atoms with Gasteiger partial charge in [-0.1, -0.05) is 17.7 Å². The van der Waals surface area contributed by atoms with Gasteiger partial charge in [-0.15, -0.1) is 0 Å². The molecule has 2 heterocycles. The van der Waals surface area contributed by atoms with E-state index in [2.05, 4.69) is 10.3 Å². The van der Waals surface area contributed by atoms with Crippen LogP contribution in [0.2, 0.25) is 5.02 Å². The van der Waals surface area contributed by atoms with Crippen LogP contribution < -0.4 is 10.1 Å². The van der Waals surface area contributed by atoms with E-state index in [0.29, 0.717) is 23.7 Å². The number of nitrogens with one attached hydrogen (secondary N) is 1. The summed E-state index contributed by atoms with van der Waals surface area (Å²) in [6, 6.07) is 10.6. The molecule has 0 saturated carbocycles. The first kappa shape index (κ1) is 15.2. The lowest BCUT2D eigenvalue weighted by atomic mass is 10.1. The molecule has 4 rings (SSSR count). The van der Waals surface area contributed by atoms with Crippen LogP contribution in [-0.4, -0.2) is 22.7 Å². The van der Waals surface area contributed by atoms with Gasteiger partial charge in [0, 0.05) is 29.2 Å². The second kappa shape index (κ2) is 5.94. The van der Waals surface area contributed by atoms with Crippen LogP contribution in [0.5, 0.6) is 5.75 Å². The lowest BCUT2D eigenvalue weighted by Crippen LogP contribution is -2.18. The quantitative estimate of drug-likeness (QED) is 0.749. The van der Waals surface area contributed by atoms with Crippen LogP contribution in [0.25, 0.3) is 11.0 Å². The van der Waals surface area contributed by atoms with Crippen molar-refractivity contribution in [2.24, 2.45) is 0 Å².